The van der Waals surface area contributed by atoms with Gasteiger partial charge in [0.2, 0.25) is 5.88 Å². The van der Waals surface area contributed by atoms with E-state index in [-0.39, 0.29) is 11.2 Å². The number of anilines is 1. The summed E-state index contributed by atoms with van der Waals surface area (Å²) >= 11 is 5.86. The molecule has 2 amide bonds. The third-order valence-corrected chi connectivity index (χ3v) is 3.09. The Morgan fingerprint density at radius 3 is 2.91 bits per heavy atom. The van der Waals surface area contributed by atoms with Crippen LogP contribution in [-0.4, -0.2) is 46.6 Å². The van der Waals surface area contributed by atoms with Gasteiger partial charge in [-0.25, -0.2) is 9.78 Å². The molecule has 0 unspecified atom stereocenters. The Kier molecular flexibility index (Phi) is 5.48. The van der Waals surface area contributed by atoms with Crippen LogP contribution < -0.4 is 10.1 Å². The molecule has 2 heterocycles. The van der Waals surface area contributed by atoms with Crippen LogP contribution in [0.3, 0.4) is 0 Å². The lowest BCUT2D eigenvalue weighted by Crippen LogP contribution is -2.33. The van der Waals surface area contributed by atoms with E-state index in [9.17, 15) is 4.79 Å². The van der Waals surface area contributed by atoms with Crippen LogP contribution in [0.5, 0.6) is 5.88 Å². The predicted octanol–water partition coefficient (Wildman–Crippen LogP) is 2.24. The van der Waals surface area contributed by atoms with Gasteiger partial charge in [0.15, 0.2) is 0 Å². The fourth-order valence-corrected chi connectivity index (χ4v) is 1.91. The van der Waals surface area contributed by atoms with Gasteiger partial charge in [-0.2, -0.15) is 0 Å². The van der Waals surface area contributed by atoms with E-state index in [0.29, 0.717) is 24.5 Å². The SMILES string of the molecule is COc1cc(NC(=O)N(C)CCc2cnccn2)cc(Cl)n1. The third-order valence-electron chi connectivity index (χ3n) is 2.90. The Balaban J connectivity index is 1.92. The second-order valence-corrected chi connectivity index (χ2v) is 4.91. The first-order valence-corrected chi connectivity index (χ1v) is 6.95. The minimum atomic E-state index is -0.256. The number of aromatic nitrogens is 3. The van der Waals surface area contributed by atoms with Gasteiger partial charge < -0.3 is 15.0 Å². The molecule has 22 heavy (non-hydrogen) atoms. The van der Waals surface area contributed by atoms with E-state index in [1.54, 1.807) is 42.7 Å². The molecule has 0 atom stereocenters. The molecule has 0 spiro atoms. The lowest BCUT2D eigenvalue weighted by atomic mass is 10.3. The molecule has 0 bridgehead atoms. The van der Waals surface area contributed by atoms with E-state index >= 15 is 0 Å². The number of ether oxygens (including phenoxy) is 1. The number of rotatable bonds is 5. The average Bonchev–Trinajstić information content (AvgIpc) is 2.52. The van der Waals surface area contributed by atoms with Crippen LogP contribution in [0.2, 0.25) is 5.15 Å². The minimum Gasteiger partial charge on any atom is -0.481 e. The number of methoxy groups -OCH3 is 1. The van der Waals surface area contributed by atoms with Crippen molar-refractivity contribution in [3.8, 4) is 5.88 Å². The van der Waals surface area contributed by atoms with Crippen molar-refractivity contribution in [2.24, 2.45) is 0 Å². The van der Waals surface area contributed by atoms with Gasteiger partial charge in [0.25, 0.3) is 0 Å². The van der Waals surface area contributed by atoms with Crippen molar-refractivity contribution in [1.82, 2.24) is 19.9 Å². The molecule has 8 heteroatoms. The summed E-state index contributed by atoms with van der Waals surface area (Å²) in [6, 6.07) is 2.90. The summed E-state index contributed by atoms with van der Waals surface area (Å²) in [5.74, 6) is 0.338. The van der Waals surface area contributed by atoms with Crippen LogP contribution in [0, 0.1) is 0 Å². The van der Waals surface area contributed by atoms with Crippen molar-refractivity contribution in [2.75, 3.05) is 26.0 Å². The second kappa shape index (κ2) is 7.56. The Morgan fingerprint density at radius 2 is 2.23 bits per heavy atom. The van der Waals surface area contributed by atoms with E-state index in [0.717, 1.165) is 5.69 Å². The Hall–Kier alpha value is -2.41. The zero-order valence-electron chi connectivity index (χ0n) is 12.3. The highest BCUT2D eigenvalue weighted by Crippen LogP contribution is 2.20. The number of amides is 2. The van der Waals surface area contributed by atoms with Crippen molar-refractivity contribution in [2.45, 2.75) is 6.42 Å². The number of carbonyl (C=O) groups is 1. The summed E-state index contributed by atoms with van der Waals surface area (Å²) in [6.07, 6.45) is 5.54. The van der Waals surface area contributed by atoms with Gasteiger partial charge in [0.1, 0.15) is 5.15 Å². The van der Waals surface area contributed by atoms with Crippen LogP contribution in [-0.2, 0) is 6.42 Å². The molecule has 0 saturated heterocycles. The van der Waals surface area contributed by atoms with E-state index in [1.807, 2.05) is 0 Å². The summed E-state index contributed by atoms with van der Waals surface area (Å²) in [4.78, 5) is 25.8. The largest absolute Gasteiger partial charge is 0.481 e. The van der Waals surface area contributed by atoms with Crippen molar-refractivity contribution >= 4 is 23.3 Å². The van der Waals surface area contributed by atoms with Gasteiger partial charge in [0.05, 0.1) is 18.5 Å². The predicted molar refractivity (Wildman–Crippen MR) is 83.2 cm³/mol. The fraction of sp³-hybridized carbons (Fsp3) is 0.286. The molecule has 116 valence electrons. The number of pyridine rings is 1. The number of likely N-dealkylation sites (N-methyl/N-ethyl adjacent to an activating group) is 1. The molecule has 0 aliphatic carbocycles. The van der Waals surface area contributed by atoms with Crippen LogP contribution in [0.25, 0.3) is 0 Å². The van der Waals surface area contributed by atoms with Gasteiger partial charge in [-0.1, -0.05) is 11.6 Å². The Bertz CT molecular complexity index is 638. The van der Waals surface area contributed by atoms with Crippen molar-refractivity contribution in [3.63, 3.8) is 0 Å². The Morgan fingerprint density at radius 1 is 1.41 bits per heavy atom. The molecule has 1 N–H and O–H groups in total. The van der Waals surface area contributed by atoms with Crippen LogP contribution in [0.1, 0.15) is 5.69 Å². The molecule has 0 radical (unpaired) electrons. The standard InChI is InChI=1S/C14H16ClN5O2/c1-20(6-3-10-9-16-4-5-17-10)14(21)18-11-7-12(15)19-13(8-11)22-2/h4-5,7-9H,3,6H2,1-2H3,(H,18,19,21). The maximum atomic E-state index is 12.1. The fourth-order valence-electron chi connectivity index (χ4n) is 1.71. The lowest BCUT2D eigenvalue weighted by molar-refractivity contribution is 0.223. The summed E-state index contributed by atoms with van der Waals surface area (Å²) < 4.78 is 5.01. The topological polar surface area (TPSA) is 80.2 Å². The van der Waals surface area contributed by atoms with Crippen LogP contribution in [0.4, 0.5) is 10.5 Å². The number of hydrogen-bond acceptors (Lipinski definition) is 5. The van der Waals surface area contributed by atoms with Crippen LogP contribution in [0.15, 0.2) is 30.7 Å². The molecule has 0 fully saturated rings. The average molecular weight is 322 g/mol. The normalized spacial score (nSPS) is 10.1. The molecular weight excluding hydrogens is 306 g/mol. The van der Waals surface area contributed by atoms with E-state index in [2.05, 4.69) is 20.3 Å². The number of halogens is 1. The second-order valence-electron chi connectivity index (χ2n) is 4.52. The number of hydrogen-bond donors (Lipinski definition) is 1. The zero-order valence-corrected chi connectivity index (χ0v) is 13.0. The highest BCUT2D eigenvalue weighted by atomic mass is 35.5. The maximum absolute atomic E-state index is 12.1. The van der Waals surface area contributed by atoms with E-state index in [4.69, 9.17) is 16.3 Å². The summed E-state index contributed by atoms with van der Waals surface area (Å²) in [5, 5.41) is 2.99. The van der Waals surface area contributed by atoms with E-state index in [1.165, 1.54) is 7.11 Å². The van der Waals surface area contributed by atoms with Gasteiger partial charge in [0, 0.05) is 44.7 Å². The smallest absolute Gasteiger partial charge is 0.321 e. The van der Waals surface area contributed by atoms with Gasteiger partial charge in [-0.15, -0.1) is 0 Å². The molecule has 0 saturated carbocycles. The van der Waals surface area contributed by atoms with Crippen molar-refractivity contribution < 1.29 is 9.53 Å². The summed E-state index contributed by atoms with van der Waals surface area (Å²) in [7, 11) is 3.18. The van der Waals surface area contributed by atoms with Gasteiger partial charge in [-0.3, -0.25) is 9.97 Å². The Labute approximate surface area is 133 Å². The quantitative estimate of drug-likeness (QED) is 0.854. The lowest BCUT2D eigenvalue weighted by Gasteiger charge is -2.18. The first kappa shape index (κ1) is 16.0. The van der Waals surface area contributed by atoms with Crippen molar-refractivity contribution in [3.05, 3.63) is 41.6 Å². The first-order chi connectivity index (χ1) is 10.6. The summed E-state index contributed by atoms with van der Waals surface area (Å²) in [5.41, 5.74) is 1.35. The molecule has 0 aliphatic rings. The van der Waals surface area contributed by atoms with Gasteiger partial charge in [-0.05, 0) is 6.07 Å². The minimum absolute atomic E-state index is 0.247. The molecule has 2 aromatic heterocycles. The molecule has 0 aliphatic heterocycles. The first-order valence-electron chi connectivity index (χ1n) is 6.57. The highest BCUT2D eigenvalue weighted by molar-refractivity contribution is 6.29. The zero-order chi connectivity index (χ0) is 15.9. The van der Waals surface area contributed by atoms with Gasteiger partial charge >= 0.3 is 6.03 Å². The van der Waals surface area contributed by atoms with Crippen LogP contribution >= 0.6 is 11.6 Å². The molecule has 0 aromatic carbocycles. The number of carbonyl (C=O) groups excluding carboxylic acids is 1. The highest BCUT2D eigenvalue weighted by Gasteiger charge is 2.11. The molecule has 7 nitrogen and oxygen atoms in total. The number of nitrogens with one attached hydrogen (secondary N) is 1. The van der Waals surface area contributed by atoms with Crippen molar-refractivity contribution in [1.29, 1.82) is 0 Å². The molecule has 2 aromatic rings. The molecular formula is C14H16ClN5O2. The monoisotopic (exact) mass is 321 g/mol. The number of nitrogens with zero attached hydrogens (tertiary/aromatic N) is 4. The number of urea groups is 1. The maximum Gasteiger partial charge on any atom is 0.321 e. The van der Waals surface area contributed by atoms with E-state index < -0.39 is 0 Å². The third kappa shape index (κ3) is 4.56. The molecule has 2 rings (SSSR count). The summed E-state index contributed by atoms with van der Waals surface area (Å²) in [6.45, 7) is 0.514.